The first-order chi connectivity index (χ1) is 10.0. The molecule has 2 rings (SSSR count). The second-order valence-electron chi connectivity index (χ2n) is 4.65. The number of nitrogens with zero attached hydrogens (tertiary/aromatic N) is 3. The molecule has 0 aliphatic carbocycles. The minimum Gasteiger partial charge on any atom is -0.292 e. The van der Waals surface area contributed by atoms with E-state index in [9.17, 15) is 13.2 Å². The minimum atomic E-state index is -4.39. The number of hydrogen-bond acceptors (Lipinski definition) is 4. The van der Waals surface area contributed by atoms with Crippen LogP contribution in [0.25, 0.3) is 0 Å². The van der Waals surface area contributed by atoms with Crippen LogP contribution in [0.4, 0.5) is 13.2 Å². The SMILES string of the molecule is CCCN(Cc1ccccn1)Cc1scnc1C(F)(F)F. The molecule has 0 saturated carbocycles. The summed E-state index contributed by atoms with van der Waals surface area (Å²) < 4.78 is 38.6. The van der Waals surface area contributed by atoms with Crippen LogP contribution in [0.1, 0.15) is 29.6 Å². The summed E-state index contributed by atoms with van der Waals surface area (Å²) in [6.07, 6.45) is -1.83. The Morgan fingerprint density at radius 2 is 2.00 bits per heavy atom. The summed E-state index contributed by atoms with van der Waals surface area (Å²) in [5.74, 6) is 0. The van der Waals surface area contributed by atoms with Gasteiger partial charge in [-0.2, -0.15) is 13.2 Å². The van der Waals surface area contributed by atoms with Crippen LogP contribution in [0.3, 0.4) is 0 Å². The Morgan fingerprint density at radius 3 is 2.62 bits per heavy atom. The van der Waals surface area contributed by atoms with Crippen molar-refractivity contribution < 1.29 is 13.2 Å². The van der Waals surface area contributed by atoms with Crippen molar-refractivity contribution in [3.8, 4) is 0 Å². The second-order valence-corrected chi connectivity index (χ2v) is 5.59. The standard InChI is InChI=1S/C14H16F3N3S/c1-2-7-20(8-11-5-3-4-6-18-11)9-12-13(14(15,16)17)19-10-21-12/h3-6,10H,2,7-9H2,1H3. The molecule has 0 N–H and O–H groups in total. The maximum absolute atomic E-state index is 12.9. The fraction of sp³-hybridized carbons (Fsp3) is 0.429. The van der Waals surface area contributed by atoms with E-state index in [1.54, 1.807) is 6.20 Å². The van der Waals surface area contributed by atoms with Gasteiger partial charge in [0.05, 0.1) is 16.1 Å². The van der Waals surface area contributed by atoms with Crippen molar-refractivity contribution in [2.75, 3.05) is 6.54 Å². The van der Waals surface area contributed by atoms with Crippen molar-refractivity contribution in [3.63, 3.8) is 0 Å². The molecule has 7 heteroatoms. The van der Waals surface area contributed by atoms with Crippen molar-refractivity contribution in [2.24, 2.45) is 0 Å². The molecule has 114 valence electrons. The maximum Gasteiger partial charge on any atom is 0.434 e. The lowest BCUT2D eigenvalue weighted by molar-refractivity contribution is -0.141. The lowest BCUT2D eigenvalue weighted by atomic mass is 10.2. The van der Waals surface area contributed by atoms with E-state index in [4.69, 9.17) is 0 Å². The average Bonchev–Trinajstić information content (AvgIpc) is 2.88. The highest BCUT2D eigenvalue weighted by Gasteiger charge is 2.36. The summed E-state index contributed by atoms with van der Waals surface area (Å²) in [6, 6.07) is 5.57. The molecule has 0 aliphatic heterocycles. The van der Waals surface area contributed by atoms with Gasteiger partial charge in [-0.05, 0) is 25.1 Å². The molecule has 0 saturated heterocycles. The van der Waals surface area contributed by atoms with Crippen molar-refractivity contribution >= 4 is 11.3 Å². The Labute approximate surface area is 125 Å². The number of hydrogen-bond donors (Lipinski definition) is 0. The normalized spacial score (nSPS) is 12.0. The Kier molecular flexibility index (Phi) is 5.30. The summed E-state index contributed by atoms with van der Waals surface area (Å²) in [5, 5.41) is 0. The van der Waals surface area contributed by atoms with Crippen LogP contribution < -0.4 is 0 Å². The lowest BCUT2D eigenvalue weighted by Crippen LogP contribution is -2.25. The van der Waals surface area contributed by atoms with Gasteiger partial charge in [0.15, 0.2) is 5.69 Å². The molecule has 0 amide bonds. The maximum atomic E-state index is 12.9. The van der Waals surface area contributed by atoms with E-state index in [0.717, 1.165) is 23.5 Å². The molecule has 0 spiro atoms. The molecule has 0 aliphatic rings. The van der Waals surface area contributed by atoms with E-state index in [1.165, 1.54) is 5.51 Å². The summed E-state index contributed by atoms with van der Waals surface area (Å²) in [5.41, 5.74) is 1.34. The summed E-state index contributed by atoms with van der Waals surface area (Å²) in [6.45, 7) is 3.49. The highest BCUT2D eigenvalue weighted by atomic mass is 32.1. The second kappa shape index (κ2) is 7.00. The molecule has 0 bridgehead atoms. The van der Waals surface area contributed by atoms with Crippen LogP contribution in [0.15, 0.2) is 29.9 Å². The number of pyridine rings is 1. The van der Waals surface area contributed by atoms with Gasteiger partial charge in [0, 0.05) is 19.3 Å². The van der Waals surface area contributed by atoms with E-state index < -0.39 is 11.9 Å². The van der Waals surface area contributed by atoms with E-state index in [0.29, 0.717) is 13.1 Å². The fourth-order valence-electron chi connectivity index (χ4n) is 2.07. The van der Waals surface area contributed by atoms with Crippen LogP contribution in [0.2, 0.25) is 0 Å². The van der Waals surface area contributed by atoms with Crippen molar-refractivity contribution in [1.29, 1.82) is 0 Å². The number of alkyl halides is 3. The lowest BCUT2D eigenvalue weighted by Gasteiger charge is -2.21. The summed E-state index contributed by atoms with van der Waals surface area (Å²) in [4.78, 5) is 9.90. The molecular weight excluding hydrogens is 299 g/mol. The van der Waals surface area contributed by atoms with Crippen LogP contribution in [0.5, 0.6) is 0 Å². The zero-order valence-electron chi connectivity index (χ0n) is 11.6. The molecular formula is C14H16F3N3S. The molecule has 3 nitrogen and oxygen atoms in total. The molecule has 0 radical (unpaired) electrons. The Bertz CT molecular complexity index is 554. The third-order valence-electron chi connectivity index (χ3n) is 2.93. The number of aromatic nitrogens is 2. The van der Waals surface area contributed by atoms with Gasteiger partial charge in [-0.1, -0.05) is 13.0 Å². The van der Waals surface area contributed by atoms with Gasteiger partial charge in [0.1, 0.15) is 0 Å². The van der Waals surface area contributed by atoms with Crippen molar-refractivity contribution in [2.45, 2.75) is 32.6 Å². The fourth-order valence-corrected chi connectivity index (χ4v) is 2.89. The van der Waals surface area contributed by atoms with Gasteiger partial charge < -0.3 is 0 Å². The van der Waals surface area contributed by atoms with Crippen LogP contribution >= 0.6 is 11.3 Å². The smallest absolute Gasteiger partial charge is 0.292 e. The van der Waals surface area contributed by atoms with Crippen LogP contribution in [-0.4, -0.2) is 21.4 Å². The minimum absolute atomic E-state index is 0.240. The average molecular weight is 315 g/mol. The number of thiazole rings is 1. The molecule has 2 aromatic rings. The molecule has 21 heavy (non-hydrogen) atoms. The third kappa shape index (κ3) is 4.50. The molecule has 0 atom stereocenters. The van der Waals surface area contributed by atoms with Gasteiger partial charge in [0.25, 0.3) is 0 Å². The van der Waals surface area contributed by atoms with Gasteiger partial charge in [-0.25, -0.2) is 4.98 Å². The largest absolute Gasteiger partial charge is 0.434 e. The highest BCUT2D eigenvalue weighted by Crippen LogP contribution is 2.33. The van der Waals surface area contributed by atoms with Gasteiger partial charge in [-0.15, -0.1) is 11.3 Å². The first-order valence-electron chi connectivity index (χ1n) is 6.62. The summed E-state index contributed by atoms with van der Waals surface area (Å²) >= 11 is 1.05. The first-order valence-corrected chi connectivity index (χ1v) is 7.50. The monoisotopic (exact) mass is 315 g/mol. The highest BCUT2D eigenvalue weighted by molar-refractivity contribution is 7.09. The summed E-state index contributed by atoms with van der Waals surface area (Å²) in [7, 11) is 0. The third-order valence-corrected chi connectivity index (χ3v) is 3.75. The van der Waals surface area contributed by atoms with Crippen molar-refractivity contribution in [3.05, 3.63) is 46.2 Å². The van der Waals surface area contributed by atoms with Gasteiger partial charge >= 0.3 is 6.18 Å². The first kappa shape index (κ1) is 15.9. The predicted octanol–water partition coefficient (Wildman–Crippen LogP) is 3.97. The molecule has 2 aromatic heterocycles. The van der Waals surface area contributed by atoms with Crippen LogP contribution in [-0.2, 0) is 19.3 Å². The Balaban J connectivity index is 2.12. The quantitative estimate of drug-likeness (QED) is 0.807. The Morgan fingerprint density at radius 1 is 1.19 bits per heavy atom. The van der Waals surface area contributed by atoms with E-state index in [2.05, 4.69) is 9.97 Å². The van der Waals surface area contributed by atoms with E-state index in [1.807, 2.05) is 30.0 Å². The van der Waals surface area contributed by atoms with Crippen molar-refractivity contribution in [1.82, 2.24) is 14.9 Å². The molecule has 2 heterocycles. The number of rotatable bonds is 6. The van der Waals surface area contributed by atoms with E-state index >= 15 is 0 Å². The van der Waals surface area contributed by atoms with Gasteiger partial charge in [-0.3, -0.25) is 9.88 Å². The predicted molar refractivity (Wildman–Crippen MR) is 75.8 cm³/mol. The zero-order chi connectivity index (χ0) is 15.3. The van der Waals surface area contributed by atoms with Crippen LogP contribution in [0, 0.1) is 0 Å². The molecule has 0 fully saturated rings. The van der Waals surface area contributed by atoms with E-state index in [-0.39, 0.29) is 11.4 Å². The van der Waals surface area contributed by atoms with Gasteiger partial charge in [0.2, 0.25) is 0 Å². The zero-order valence-corrected chi connectivity index (χ0v) is 12.4. The molecule has 0 aromatic carbocycles. The topological polar surface area (TPSA) is 29.0 Å². The Hall–Kier alpha value is -1.47. The molecule has 0 unspecified atom stereocenters. The number of halogens is 3.